The van der Waals surface area contributed by atoms with Crippen molar-refractivity contribution >= 4 is 5.91 Å². The van der Waals surface area contributed by atoms with Gasteiger partial charge in [-0.1, -0.05) is 224 Å². The molecule has 5 N–H and O–H groups in total. The highest BCUT2D eigenvalue weighted by Gasteiger charge is 2.28. The molecule has 348 valence electrons. The average Bonchev–Trinajstić information content (AvgIpc) is 3.24. The van der Waals surface area contributed by atoms with Gasteiger partial charge < -0.3 is 25.7 Å². The Kier molecular flexibility index (Phi) is 46.4. The average molecular weight is 832 g/mol. The minimum atomic E-state index is -1.29. The number of aliphatic hydroxyl groups excluding tert-OH is 4. The van der Waals surface area contributed by atoms with Crippen molar-refractivity contribution in [2.45, 2.75) is 289 Å². The molecule has 0 rings (SSSR count). The van der Waals surface area contributed by atoms with Crippen molar-refractivity contribution in [2.24, 2.45) is 0 Å². The maximum atomic E-state index is 12.6. The quantitative estimate of drug-likeness (QED) is 0.0310. The molecule has 1 amide bonds. The second-order valence-corrected chi connectivity index (χ2v) is 17.8. The van der Waals surface area contributed by atoms with E-state index in [9.17, 15) is 25.2 Å². The van der Waals surface area contributed by atoms with Gasteiger partial charge in [0.25, 0.3) is 0 Å². The van der Waals surface area contributed by atoms with Crippen molar-refractivity contribution in [2.75, 3.05) is 6.61 Å². The lowest BCUT2D eigenvalue weighted by Gasteiger charge is -2.27. The SMILES string of the molecule is CCCCCCCCCC/C=C/CC/C=C/CCCC(O)C(O)C(CO)NC(=O)C(O)CCCCCCCCCCCC/C=C\CCCCCCCCCCCCCC. The third kappa shape index (κ3) is 41.6. The van der Waals surface area contributed by atoms with Crippen LogP contribution >= 0.6 is 0 Å². The Morgan fingerprint density at radius 2 is 0.712 bits per heavy atom. The molecule has 4 unspecified atom stereocenters. The van der Waals surface area contributed by atoms with Crippen molar-refractivity contribution in [3.05, 3.63) is 36.5 Å². The molecule has 6 heteroatoms. The van der Waals surface area contributed by atoms with Gasteiger partial charge in [0.2, 0.25) is 5.91 Å². The smallest absolute Gasteiger partial charge is 0.249 e. The molecule has 0 aliphatic rings. The Balaban J connectivity index is 3.70. The molecule has 59 heavy (non-hydrogen) atoms. The normalized spacial score (nSPS) is 14.2. The van der Waals surface area contributed by atoms with Crippen LogP contribution < -0.4 is 5.32 Å². The predicted octanol–water partition coefficient (Wildman–Crippen LogP) is 14.5. The molecule has 0 heterocycles. The Morgan fingerprint density at radius 1 is 0.407 bits per heavy atom. The summed E-state index contributed by atoms with van der Waals surface area (Å²) in [6.45, 7) is 4.05. The molecule has 0 saturated heterocycles. The Bertz CT molecular complexity index is 935. The first-order valence-corrected chi connectivity index (χ1v) is 25.9. The van der Waals surface area contributed by atoms with E-state index in [1.54, 1.807) is 0 Å². The fourth-order valence-corrected chi connectivity index (χ4v) is 7.95. The van der Waals surface area contributed by atoms with Crippen molar-refractivity contribution in [3.8, 4) is 0 Å². The summed E-state index contributed by atoms with van der Waals surface area (Å²) in [5.41, 5.74) is 0. The Labute approximate surface area is 367 Å². The van der Waals surface area contributed by atoms with Crippen LogP contribution in [0.25, 0.3) is 0 Å². The molecule has 0 aromatic carbocycles. The van der Waals surface area contributed by atoms with E-state index in [0.29, 0.717) is 19.3 Å². The number of hydrogen-bond acceptors (Lipinski definition) is 5. The molecule has 0 aliphatic carbocycles. The fourth-order valence-electron chi connectivity index (χ4n) is 7.95. The van der Waals surface area contributed by atoms with Crippen LogP contribution in [0.4, 0.5) is 0 Å². The first-order valence-electron chi connectivity index (χ1n) is 25.9. The Hall–Kier alpha value is -1.47. The van der Waals surface area contributed by atoms with Crippen LogP contribution in [0.3, 0.4) is 0 Å². The standard InChI is InChI=1S/C53H101NO5/c1-3-5-7-9-11-13-15-17-19-21-22-23-24-25-26-27-28-29-31-33-35-37-39-41-43-45-47-51(57)53(59)54-49(48-55)52(58)50(56)46-44-42-40-38-36-34-32-30-20-18-16-14-12-10-8-6-4-2/h25-26,30,32,38,40,49-52,55-58H,3-24,27-29,31,33-37,39,41-48H2,1-2H3,(H,54,59)/b26-25-,32-30+,40-38+. The van der Waals surface area contributed by atoms with Crippen LogP contribution in [0.2, 0.25) is 0 Å². The van der Waals surface area contributed by atoms with E-state index < -0.39 is 36.9 Å². The number of amides is 1. The lowest BCUT2D eigenvalue weighted by Crippen LogP contribution is -2.53. The molecule has 6 nitrogen and oxygen atoms in total. The first-order chi connectivity index (χ1) is 29.0. The zero-order valence-corrected chi connectivity index (χ0v) is 39.3. The summed E-state index contributed by atoms with van der Waals surface area (Å²) in [5.74, 6) is -0.597. The van der Waals surface area contributed by atoms with E-state index in [0.717, 1.165) is 38.5 Å². The van der Waals surface area contributed by atoms with Crippen LogP contribution in [0.1, 0.15) is 264 Å². The van der Waals surface area contributed by atoms with Gasteiger partial charge in [0, 0.05) is 0 Å². The van der Waals surface area contributed by atoms with Crippen LogP contribution in [-0.4, -0.2) is 57.3 Å². The Morgan fingerprint density at radius 3 is 1.07 bits per heavy atom. The first kappa shape index (κ1) is 57.5. The van der Waals surface area contributed by atoms with Gasteiger partial charge in [-0.2, -0.15) is 0 Å². The largest absolute Gasteiger partial charge is 0.394 e. The van der Waals surface area contributed by atoms with E-state index in [1.807, 2.05) is 0 Å². The molecular formula is C53H101NO5. The number of aliphatic hydroxyl groups is 4. The molecule has 0 spiro atoms. The second-order valence-electron chi connectivity index (χ2n) is 17.8. The van der Waals surface area contributed by atoms with Crippen LogP contribution in [-0.2, 0) is 4.79 Å². The number of carbonyl (C=O) groups is 1. The highest BCUT2D eigenvalue weighted by molar-refractivity contribution is 5.80. The summed E-state index contributed by atoms with van der Waals surface area (Å²) in [6.07, 6.45) is 57.7. The summed E-state index contributed by atoms with van der Waals surface area (Å²) >= 11 is 0. The summed E-state index contributed by atoms with van der Waals surface area (Å²) in [7, 11) is 0. The molecule has 0 aliphatic heterocycles. The van der Waals surface area contributed by atoms with Gasteiger partial charge in [0.15, 0.2) is 0 Å². The third-order valence-electron chi connectivity index (χ3n) is 12.1. The van der Waals surface area contributed by atoms with Crippen molar-refractivity contribution in [3.63, 3.8) is 0 Å². The van der Waals surface area contributed by atoms with Gasteiger partial charge in [0.05, 0.1) is 18.8 Å². The van der Waals surface area contributed by atoms with Gasteiger partial charge >= 0.3 is 0 Å². The third-order valence-corrected chi connectivity index (χ3v) is 12.1. The fraction of sp³-hybridized carbons (Fsp3) is 0.868. The van der Waals surface area contributed by atoms with E-state index >= 15 is 0 Å². The van der Waals surface area contributed by atoms with E-state index in [2.05, 4.69) is 55.6 Å². The topological polar surface area (TPSA) is 110 Å². The molecule has 0 fully saturated rings. The molecule has 4 atom stereocenters. The highest BCUT2D eigenvalue weighted by Crippen LogP contribution is 2.16. The zero-order valence-electron chi connectivity index (χ0n) is 39.3. The summed E-state index contributed by atoms with van der Waals surface area (Å²) < 4.78 is 0. The number of hydrogen-bond donors (Lipinski definition) is 5. The maximum Gasteiger partial charge on any atom is 0.249 e. The van der Waals surface area contributed by atoms with E-state index in [4.69, 9.17) is 0 Å². The maximum absolute atomic E-state index is 12.6. The summed E-state index contributed by atoms with van der Waals surface area (Å²) in [6, 6.07) is -1.01. The minimum Gasteiger partial charge on any atom is -0.394 e. The molecule has 0 saturated carbocycles. The number of unbranched alkanes of at least 4 members (excludes halogenated alkanes) is 32. The number of nitrogens with one attached hydrogen (secondary N) is 1. The number of rotatable bonds is 47. The van der Waals surface area contributed by atoms with Crippen molar-refractivity contribution in [1.29, 1.82) is 0 Å². The van der Waals surface area contributed by atoms with E-state index in [-0.39, 0.29) is 0 Å². The van der Waals surface area contributed by atoms with Gasteiger partial charge in [-0.3, -0.25) is 4.79 Å². The zero-order chi connectivity index (χ0) is 43.1. The van der Waals surface area contributed by atoms with Gasteiger partial charge in [-0.15, -0.1) is 0 Å². The van der Waals surface area contributed by atoms with Crippen LogP contribution in [0.15, 0.2) is 36.5 Å². The lowest BCUT2D eigenvalue weighted by atomic mass is 10.00. The minimum absolute atomic E-state index is 0.359. The molecule has 0 aromatic heterocycles. The molecular weight excluding hydrogens is 731 g/mol. The monoisotopic (exact) mass is 832 g/mol. The summed E-state index contributed by atoms with van der Waals surface area (Å²) in [5, 5.41) is 43.8. The van der Waals surface area contributed by atoms with Gasteiger partial charge in [-0.25, -0.2) is 0 Å². The summed E-state index contributed by atoms with van der Waals surface area (Å²) in [4.78, 5) is 12.6. The van der Waals surface area contributed by atoms with Crippen molar-refractivity contribution in [1.82, 2.24) is 5.32 Å². The van der Waals surface area contributed by atoms with E-state index in [1.165, 1.54) is 193 Å². The van der Waals surface area contributed by atoms with Crippen LogP contribution in [0.5, 0.6) is 0 Å². The molecule has 0 aromatic rings. The van der Waals surface area contributed by atoms with Gasteiger partial charge in [-0.05, 0) is 77.0 Å². The lowest BCUT2D eigenvalue weighted by molar-refractivity contribution is -0.132. The molecule has 0 bridgehead atoms. The number of allylic oxidation sites excluding steroid dienone is 6. The second kappa shape index (κ2) is 47.6. The van der Waals surface area contributed by atoms with Gasteiger partial charge in [0.1, 0.15) is 12.2 Å². The molecule has 0 radical (unpaired) electrons. The van der Waals surface area contributed by atoms with Crippen molar-refractivity contribution < 1.29 is 25.2 Å². The van der Waals surface area contributed by atoms with Crippen LogP contribution in [0, 0.1) is 0 Å². The number of carbonyl (C=O) groups excluding carboxylic acids is 1. The predicted molar refractivity (Wildman–Crippen MR) is 256 cm³/mol. The highest BCUT2D eigenvalue weighted by atomic mass is 16.3.